The SMILES string of the molecule is COc1ccc(F)cc1C(=O)N[B]C(F)(F)F. The first kappa shape index (κ1) is 13.3. The minimum Gasteiger partial charge on any atom is -0.496 e. The fourth-order valence-electron chi connectivity index (χ4n) is 1.08. The van der Waals surface area contributed by atoms with Crippen LogP contribution in [0.25, 0.3) is 0 Å². The minimum absolute atomic E-state index is 0.0144. The quantitative estimate of drug-likeness (QED) is 0.653. The van der Waals surface area contributed by atoms with E-state index in [2.05, 4.69) is 0 Å². The fourth-order valence-corrected chi connectivity index (χ4v) is 1.08. The van der Waals surface area contributed by atoms with Gasteiger partial charge in [-0.1, -0.05) is 0 Å². The zero-order valence-electron chi connectivity index (χ0n) is 8.64. The Morgan fingerprint density at radius 3 is 2.59 bits per heavy atom. The lowest BCUT2D eigenvalue weighted by molar-refractivity contribution is -0.0483. The van der Waals surface area contributed by atoms with Gasteiger partial charge in [0, 0.05) is 0 Å². The number of hydrogen-bond donors (Lipinski definition) is 1. The third kappa shape index (κ3) is 3.97. The Morgan fingerprint density at radius 1 is 1.41 bits per heavy atom. The average Bonchev–Trinajstić information content (AvgIpc) is 2.25. The van der Waals surface area contributed by atoms with E-state index in [0.717, 1.165) is 18.2 Å². The van der Waals surface area contributed by atoms with Crippen LogP contribution in [0.1, 0.15) is 10.4 Å². The van der Waals surface area contributed by atoms with Gasteiger partial charge in [0.15, 0.2) is 0 Å². The number of hydrogen-bond acceptors (Lipinski definition) is 2. The topological polar surface area (TPSA) is 38.3 Å². The lowest BCUT2D eigenvalue weighted by Gasteiger charge is -2.09. The normalized spacial score (nSPS) is 10.9. The van der Waals surface area contributed by atoms with Crippen LogP contribution in [0.15, 0.2) is 18.2 Å². The standard InChI is InChI=1S/C9H7BF4NO2/c1-17-7-3-2-5(11)4-6(7)8(16)15-10-9(12,13)14/h2-4H,1H3,(H,15,16). The van der Waals surface area contributed by atoms with Crippen LogP contribution < -0.4 is 9.96 Å². The zero-order valence-corrected chi connectivity index (χ0v) is 8.64. The molecule has 3 nitrogen and oxygen atoms in total. The van der Waals surface area contributed by atoms with Gasteiger partial charge in [0.05, 0.1) is 12.7 Å². The molecule has 0 bridgehead atoms. The van der Waals surface area contributed by atoms with E-state index in [1.54, 1.807) is 0 Å². The highest BCUT2D eigenvalue weighted by Crippen LogP contribution is 2.19. The van der Waals surface area contributed by atoms with Crippen molar-refractivity contribution in [3.05, 3.63) is 29.6 Å². The molecule has 0 aromatic heterocycles. The summed E-state index contributed by atoms with van der Waals surface area (Å²) in [4.78, 5) is 11.3. The van der Waals surface area contributed by atoms with E-state index in [0.29, 0.717) is 0 Å². The molecular formula is C9H7BF4NO2. The fraction of sp³-hybridized carbons (Fsp3) is 0.222. The number of rotatable bonds is 3. The molecule has 0 heterocycles. The van der Waals surface area contributed by atoms with Gasteiger partial charge in [-0.25, -0.2) is 4.39 Å². The molecule has 0 saturated heterocycles. The first-order valence-corrected chi connectivity index (χ1v) is 4.39. The summed E-state index contributed by atoms with van der Waals surface area (Å²) < 4.78 is 53.0. The summed E-state index contributed by atoms with van der Waals surface area (Å²) in [6.07, 6.45) is -4.64. The maximum Gasteiger partial charge on any atom is 0.385 e. The maximum atomic E-state index is 12.9. The van der Waals surface area contributed by atoms with Gasteiger partial charge in [-0.2, -0.15) is 13.2 Å². The highest BCUT2D eigenvalue weighted by molar-refractivity contribution is 6.40. The summed E-state index contributed by atoms with van der Waals surface area (Å²) in [5.41, 5.74) is -0.312. The first-order chi connectivity index (χ1) is 7.83. The molecule has 0 atom stereocenters. The van der Waals surface area contributed by atoms with Gasteiger partial charge < -0.3 is 9.96 Å². The molecule has 1 rings (SSSR count). The number of halogens is 4. The van der Waals surface area contributed by atoms with Crippen LogP contribution in [0.3, 0.4) is 0 Å². The van der Waals surface area contributed by atoms with Crippen LogP contribution in [0.2, 0.25) is 0 Å². The Bertz CT molecular complexity index is 422. The second-order valence-electron chi connectivity index (χ2n) is 3.00. The monoisotopic (exact) mass is 248 g/mol. The number of benzene rings is 1. The molecule has 0 aliphatic heterocycles. The molecule has 17 heavy (non-hydrogen) atoms. The lowest BCUT2D eigenvalue weighted by atomic mass is 9.93. The van der Waals surface area contributed by atoms with Crippen LogP contribution in [0.5, 0.6) is 5.75 Å². The van der Waals surface area contributed by atoms with Crippen molar-refractivity contribution in [2.24, 2.45) is 0 Å². The summed E-state index contributed by atoms with van der Waals surface area (Å²) in [7, 11) is 0.886. The van der Waals surface area contributed by atoms with E-state index in [-0.39, 0.29) is 18.7 Å². The Labute approximate surface area is 95.0 Å². The van der Waals surface area contributed by atoms with Crippen molar-refractivity contribution >= 4 is 13.3 Å². The van der Waals surface area contributed by atoms with Crippen LogP contribution in [-0.2, 0) is 0 Å². The third-order valence-corrected chi connectivity index (χ3v) is 1.77. The number of nitrogens with one attached hydrogen (secondary N) is 1. The number of amides is 1. The zero-order chi connectivity index (χ0) is 13.1. The summed E-state index contributed by atoms with van der Waals surface area (Å²) in [6, 6.07) is 2.97. The van der Waals surface area contributed by atoms with Crippen molar-refractivity contribution in [3.8, 4) is 5.75 Å². The Hall–Kier alpha value is -1.73. The van der Waals surface area contributed by atoms with Crippen LogP contribution >= 0.6 is 0 Å². The van der Waals surface area contributed by atoms with Crippen molar-refractivity contribution in [3.63, 3.8) is 0 Å². The van der Waals surface area contributed by atoms with E-state index in [4.69, 9.17) is 4.74 Å². The molecule has 1 aromatic rings. The van der Waals surface area contributed by atoms with Crippen molar-refractivity contribution in [2.75, 3.05) is 7.11 Å². The molecule has 1 aromatic carbocycles. The summed E-state index contributed by atoms with van der Waals surface area (Å²) in [5, 5.41) is 1.51. The molecule has 0 aliphatic rings. The molecular weight excluding hydrogens is 241 g/mol. The molecule has 0 fully saturated rings. The van der Waals surface area contributed by atoms with Gasteiger partial charge >= 0.3 is 13.5 Å². The summed E-state index contributed by atoms with van der Waals surface area (Å²) in [5.74, 6) is -1.86. The molecule has 91 valence electrons. The van der Waals surface area contributed by atoms with Crippen LogP contribution in [-0.4, -0.2) is 26.5 Å². The smallest absolute Gasteiger partial charge is 0.385 e. The number of alkyl halides is 3. The second kappa shape index (κ2) is 5.07. The van der Waals surface area contributed by atoms with Crippen molar-refractivity contribution < 1.29 is 27.1 Å². The van der Waals surface area contributed by atoms with E-state index in [9.17, 15) is 22.4 Å². The molecule has 0 unspecified atom stereocenters. The Kier molecular flexibility index (Phi) is 3.98. The van der Waals surface area contributed by atoms with E-state index >= 15 is 0 Å². The van der Waals surface area contributed by atoms with Gasteiger partial charge in [0.2, 0.25) is 5.91 Å². The highest BCUT2D eigenvalue weighted by atomic mass is 19.4. The number of methoxy groups -OCH3 is 1. The van der Waals surface area contributed by atoms with Crippen molar-refractivity contribution in [1.29, 1.82) is 0 Å². The summed E-state index contributed by atoms with van der Waals surface area (Å²) in [6.45, 7) is 0. The molecule has 0 aliphatic carbocycles. The van der Waals surface area contributed by atoms with Gasteiger partial charge in [-0.15, -0.1) is 0 Å². The largest absolute Gasteiger partial charge is 0.496 e. The molecule has 1 N–H and O–H groups in total. The third-order valence-electron chi connectivity index (χ3n) is 1.77. The van der Waals surface area contributed by atoms with Crippen LogP contribution in [0, 0.1) is 5.82 Å². The molecule has 0 saturated carbocycles. The molecule has 1 radical (unpaired) electrons. The summed E-state index contributed by atoms with van der Waals surface area (Å²) >= 11 is 0. The molecule has 1 amide bonds. The Balaban J connectivity index is 2.84. The average molecular weight is 248 g/mol. The minimum atomic E-state index is -4.64. The van der Waals surface area contributed by atoms with Crippen molar-refractivity contribution in [1.82, 2.24) is 5.23 Å². The number of ether oxygens (including phenoxy) is 1. The first-order valence-electron chi connectivity index (χ1n) is 4.39. The maximum absolute atomic E-state index is 12.9. The van der Waals surface area contributed by atoms with E-state index in [1.165, 1.54) is 12.3 Å². The number of carbonyl (C=O) groups excluding carboxylic acids is 1. The second-order valence-corrected chi connectivity index (χ2v) is 3.00. The highest BCUT2D eigenvalue weighted by Gasteiger charge is 2.31. The molecule has 0 spiro atoms. The van der Waals surface area contributed by atoms with Crippen molar-refractivity contribution in [2.45, 2.75) is 6.08 Å². The molecule has 8 heteroatoms. The van der Waals surface area contributed by atoms with Gasteiger partial charge in [-0.05, 0) is 18.2 Å². The van der Waals surface area contributed by atoms with Gasteiger partial charge in [0.25, 0.3) is 0 Å². The van der Waals surface area contributed by atoms with Crippen LogP contribution in [0.4, 0.5) is 17.6 Å². The van der Waals surface area contributed by atoms with Gasteiger partial charge in [-0.3, -0.25) is 4.79 Å². The predicted octanol–water partition coefficient (Wildman–Crippen LogP) is 1.70. The predicted molar refractivity (Wildman–Crippen MR) is 52.2 cm³/mol. The van der Waals surface area contributed by atoms with E-state index < -0.39 is 17.8 Å². The number of carbonyl (C=O) groups is 1. The Morgan fingerprint density at radius 2 is 2.06 bits per heavy atom. The lowest BCUT2D eigenvalue weighted by Crippen LogP contribution is -2.37. The van der Waals surface area contributed by atoms with E-state index in [1.807, 2.05) is 0 Å². The van der Waals surface area contributed by atoms with Gasteiger partial charge in [0.1, 0.15) is 11.6 Å².